The van der Waals surface area contributed by atoms with Crippen LogP contribution in [0.3, 0.4) is 0 Å². The predicted octanol–water partition coefficient (Wildman–Crippen LogP) is 6.03. The average Bonchev–Trinajstić information content (AvgIpc) is 3.28. The molecular formula is C29H26N2O3S. The van der Waals surface area contributed by atoms with Gasteiger partial charge < -0.3 is 9.72 Å². The highest BCUT2D eigenvalue weighted by molar-refractivity contribution is 7.89. The van der Waals surface area contributed by atoms with Gasteiger partial charge >= 0.3 is 0 Å². The largest absolute Gasteiger partial charge is 0.497 e. The summed E-state index contributed by atoms with van der Waals surface area (Å²) in [6, 6.07) is 32.7. The van der Waals surface area contributed by atoms with Crippen LogP contribution in [-0.2, 0) is 16.4 Å². The monoisotopic (exact) mass is 482 g/mol. The first-order chi connectivity index (χ1) is 17.0. The van der Waals surface area contributed by atoms with E-state index in [4.69, 9.17) is 4.74 Å². The molecule has 6 heteroatoms. The minimum absolute atomic E-state index is 0.258. The average molecular weight is 483 g/mol. The van der Waals surface area contributed by atoms with E-state index in [9.17, 15) is 8.42 Å². The lowest BCUT2D eigenvalue weighted by atomic mass is 10.0. The van der Waals surface area contributed by atoms with Crippen LogP contribution in [-0.4, -0.2) is 27.1 Å². The normalized spacial score (nSPS) is 11.6. The highest BCUT2D eigenvalue weighted by Gasteiger charge is 2.17. The zero-order chi connectivity index (χ0) is 24.3. The first-order valence-electron chi connectivity index (χ1n) is 11.4. The number of ether oxygens (including phenoxy) is 1. The standard InChI is InChI=1S/C29H26N2O3S/c1-34-24-16-14-22(15-17-24)29-27(26-12-5-6-13-28(26)31-29)18-19-30-35(32,33)25-11-7-10-23(20-25)21-8-3-2-4-9-21/h2-17,20,30-31H,18-19H2,1H3. The van der Waals surface area contributed by atoms with Crippen molar-refractivity contribution < 1.29 is 13.2 Å². The summed E-state index contributed by atoms with van der Waals surface area (Å²) in [6.45, 7) is 0.281. The highest BCUT2D eigenvalue weighted by Crippen LogP contribution is 2.32. The fraction of sp³-hybridized carbons (Fsp3) is 0.103. The SMILES string of the molecule is COc1ccc(-c2[nH]c3ccccc3c2CCNS(=O)(=O)c2cccc(-c3ccccc3)c2)cc1. The molecule has 176 valence electrons. The van der Waals surface area contributed by atoms with E-state index in [0.717, 1.165) is 44.6 Å². The van der Waals surface area contributed by atoms with Gasteiger partial charge in [0.1, 0.15) is 5.75 Å². The molecule has 0 saturated carbocycles. The Morgan fingerprint density at radius 1 is 0.771 bits per heavy atom. The molecule has 1 heterocycles. The van der Waals surface area contributed by atoms with Crippen LogP contribution in [0.4, 0.5) is 0 Å². The Bertz CT molecular complexity index is 1560. The summed E-state index contributed by atoms with van der Waals surface area (Å²) in [7, 11) is -2.02. The molecule has 0 unspecified atom stereocenters. The molecule has 0 aliphatic carbocycles. The van der Waals surface area contributed by atoms with Crippen molar-refractivity contribution in [1.29, 1.82) is 0 Å². The molecule has 0 aliphatic heterocycles. The molecule has 0 spiro atoms. The van der Waals surface area contributed by atoms with E-state index in [1.54, 1.807) is 25.3 Å². The van der Waals surface area contributed by atoms with Crippen LogP contribution in [0.5, 0.6) is 5.75 Å². The zero-order valence-electron chi connectivity index (χ0n) is 19.4. The first kappa shape index (κ1) is 22.9. The number of sulfonamides is 1. The van der Waals surface area contributed by atoms with Crippen molar-refractivity contribution in [3.63, 3.8) is 0 Å². The molecule has 35 heavy (non-hydrogen) atoms. The second-order valence-corrected chi connectivity index (χ2v) is 10.1. The summed E-state index contributed by atoms with van der Waals surface area (Å²) in [5, 5.41) is 1.09. The molecule has 0 fully saturated rings. The zero-order valence-corrected chi connectivity index (χ0v) is 20.2. The fourth-order valence-electron chi connectivity index (χ4n) is 4.33. The van der Waals surface area contributed by atoms with Gasteiger partial charge in [-0.1, -0.05) is 60.7 Å². The lowest BCUT2D eigenvalue weighted by Gasteiger charge is -2.10. The third kappa shape index (κ3) is 4.85. The summed E-state index contributed by atoms with van der Waals surface area (Å²) in [4.78, 5) is 3.76. The van der Waals surface area contributed by atoms with Crippen LogP contribution in [0.15, 0.2) is 108 Å². The Morgan fingerprint density at radius 3 is 2.26 bits per heavy atom. The first-order valence-corrected chi connectivity index (χ1v) is 12.9. The van der Waals surface area contributed by atoms with Gasteiger partial charge in [-0.2, -0.15) is 0 Å². The van der Waals surface area contributed by atoms with Gasteiger partial charge in [-0.25, -0.2) is 13.1 Å². The quantitative estimate of drug-likeness (QED) is 0.284. The molecule has 0 saturated heterocycles. The maximum Gasteiger partial charge on any atom is 0.240 e. The Balaban J connectivity index is 1.39. The van der Waals surface area contributed by atoms with E-state index >= 15 is 0 Å². The van der Waals surface area contributed by atoms with Gasteiger partial charge in [-0.05, 0) is 71.1 Å². The molecule has 0 amide bonds. The molecule has 5 rings (SSSR count). The number of methoxy groups -OCH3 is 1. The van der Waals surface area contributed by atoms with Crippen LogP contribution in [0.25, 0.3) is 33.3 Å². The van der Waals surface area contributed by atoms with Crippen LogP contribution in [0.2, 0.25) is 0 Å². The van der Waals surface area contributed by atoms with Crippen LogP contribution >= 0.6 is 0 Å². The Kier molecular flexibility index (Phi) is 6.40. The molecule has 1 aromatic heterocycles. The van der Waals surface area contributed by atoms with Crippen molar-refractivity contribution in [1.82, 2.24) is 9.71 Å². The maximum atomic E-state index is 13.1. The minimum Gasteiger partial charge on any atom is -0.497 e. The van der Waals surface area contributed by atoms with Gasteiger partial charge in [-0.3, -0.25) is 0 Å². The summed E-state index contributed by atoms with van der Waals surface area (Å²) in [5.74, 6) is 0.789. The number of para-hydroxylation sites is 1. The number of nitrogens with one attached hydrogen (secondary N) is 2. The molecule has 5 aromatic rings. The molecule has 2 N–H and O–H groups in total. The second-order valence-electron chi connectivity index (χ2n) is 8.29. The van der Waals surface area contributed by atoms with Gasteiger partial charge in [0.05, 0.1) is 12.0 Å². The molecule has 0 bridgehead atoms. The molecule has 0 radical (unpaired) electrons. The third-order valence-electron chi connectivity index (χ3n) is 6.11. The number of benzene rings is 4. The van der Waals surface area contributed by atoms with Crippen molar-refractivity contribution in [2.24, 2.45) is 0 Å². The number of hydrogen-bond acceptors (Lipinski definition) is 3. The molecule has 0 aliphatic rings. The second kappa shape index (κ2) is 9.78. The molecule has 4 aromatic carbocycles. The number of aromatic nitrogens is 1. The highest BCUT2D eigenvalue weighted by atomic mass is 32.2. The molecule has 0 atom stereocenters. The predicted molar refractivity (Wildman–Crippen MR) is 141 cm³/mol. The Morgan fingerprint density at radius 2 is 1.49 bits per heavy atom. The number of hydrogen-bond donors (Lipinski definition) is 2. The van der Waals surface area contributed by atoms with Gasteiger partial charge in [0.2, 0.25) is 10.0 Å². The Labute approximate surface area is 205 Å². The number of aromatic amines is 1. The summed E-state index contributed by atoms with van der Waals surface area (Å²) < 4.78 is 34.3. The number of fused-ring (bicyclic) bond motifs is 1. The summed E-state index contributed by atoms with van der Waals surface area (Å²) >= 11 is 0. The van der Waals surface area contributed by atoms with Gasteiger partial charge in [0.25, 0.3) is 0 Å². The lowest BCUT2D eigenvalue weighted by Crippen LogP contribution is -2.26. The van der Waals surface area contributed by atoms with Gasteiger partial charge in [-0.15, -0.1) is 0 Å². The van der Waals surface area contributed by atoms with Crippen molar-refractivity contribution in [3.8, 4) is 28.1 Å². The maximum absolute atomic E-state index is 13.1. The van der Waals surface area contributed by atoms with Crippen molar-refractivity contribution in [3.05, 3.63) is 109 Å². The topological polar surface area (TPSA) is 71.2 Å². The van der Waals surface area contributed by atoms with E-state index in [-0.39, 0.29) is 11.4 Å². The smallest absolute Gasteiger partial charge is 0.240 e. The van der Waals surface area contributed by atoms with E-state index in [1.165, 1.54) is 0 Å². The summed E-state index contributed by atoms with van der Waals surface area (Å²) in [6.07, 6.45) is 0.545. The van der Waals surface area contributed by atoms with Crippen molar-refractivity contribution in [2.45, 2.75) is 11.3 Å². The fourth-order valence-corrected chi connectivity index (χ4v) is 5.41. The van der Waals surface area contributed by atoms with Gasteiger partial charge in [0, 0.05) is 23.1 Å². The van der Waals surface area contributed by atoms with E-state index in [0.29, 0.717) is 6.42 Å². The molecule has 5 nitrogen and oxygen atoms in total. The van der Waals surface area contributed by atoms with E-state index in [2.05, 4.69) is 15.8 Å². The van der Waals surface area contributed by atoms with E-state index < -0.39 is 10.0 Å². The van der Waals surface area contributed by atoms with Gasteiger partial charge in [0.15, 0.2) is 0 Å². The lowest BCUT2D eigenvalue weighted by molar-refractivity contribution is 0.415. The van der Waals surface area contributed by atoms with Crippen molar-refractivity contribution in [2.75, 3.05) is 13.7 Å². The molecular weight excluding hydrogens is 456 g/mol. The van der Waals surface area contributed by atoms with Crippen LogP contribution in [0.1, 0.15) is 5.56 Å². The minimum atomic E-state index is -3.66. The number of rotatable bonds is 8. The van der Waals surface area contributed by atoms with E-state index in [1.807, 2.05) is 78.9 Å². The van der Waals surface area contributed by atoms with Crippen LogP contribution in [0, 0.1) is 0 Å². The third-order valence-corrected chi connectivity index (χ3v) is 7.57. The number of H-pyrrole nitrogens is 1. The Hall–Kier alpha value is -3.87. The van der Waals surface area contributed by atoms with Crippen LogP contribution < -0.4 is 9.46 Å². The summed E-state index contributed by atoms with van der Waals surface area (Å²) in [5.41, 5.74) is 5.95. The van der Waals surface area contributed by atoms with Crippen molar-refractivity contribution >= 4 is 20.9 Å².